The molecule has 0 fully saturated rings. The summed E-state index contributed by atoms with van der Waals surface area (Å²) in [5.74, 6) is 0. The molecule has 0 unspecified atom stereocenters. The van der Waals surface area contributed by atoms with Crippen molar-refractivity contribution in [2.75, 3.05) is 20.1 Å². The molecular weight excluding hydrogens is 297 g/mol. The van der Waals surface area contributed by atoms with E-state index in [0.29, 0.717) is 0 Å². The predicted molar refractivity (Wildman–Crippen MR) is 64.5 cm³/mol. The molecule has 1 aromatic rings. The molecule has 0 amide bonds. The predicted octanol–water partition coefficient (Wildman–Crippen LogP) is 0.448. The molecule has 0 N–H and O–H groups in total. The first-order valence-electron chi connectivity index (χ1n) is 5.63. The van der Waals surface area contributed by atoms with Gasteiger partial charge in [0.05, 0.1) is 20.1 Å². The minimum absolute atomic E-state index is 0. The van der Waals surface area contributed by atoms with Crippen LogP contribution >= 0.6 is 0 Å². The van der Waals surface area contributed by atoms with Gasteiger partial charge in [0.1, 0.15) is 5.69 Å². The van der Waals surface area contributed by atoms with Crippen LogP contribution in [0.25, 0.3) is 0 Å². The Morgan fingerprint density at radius 1 is 0.933 bits per heavy atom. The molecule has 0 heterocycles. The van der Waals surface area contributed by atoms with Gasteiger partial charge in [-0.15, -0.1) is 0 Å². The van der Waals surface area contributed by atoms with Gasteiger partial charge in [-0.3, -0.25) is 4.48 Å². The fourth-order valence-corrected chi connectivity index (χ4v) is 2.14. The average Bonchev–Trinajstić information content (AvgIpc) is 2.20. The summed E-state index contributed by atoms with van der Waals surface area (Å²) >= 11 is 0. The molecule has 0 aromatic heterocycles. The van der Waals surface area contributed by atoms with Crippen LogP contribution in [-0.2, 0) is 0 Å². The first-order chi connectivity index (χ1) is 6.73. The van der Waals surface area contributed by atoms with Gasteiger partial charge in [-0.2, -0.15) is 0 Å². The van der Waals surface area contributed by atoms with E-state index in [0.717, 1.165) is 4.48 Å². The van der Waals surface area contributed by atoms with Gasteiger partial charge >= 0.3 is 0 Å². The maximum Gasteiger partial charge on any atom is 0.132 e. The van der Waals surface area contributed by atoms with Gasteiger partial charge in [0.25, 0.3) is 0 Å². The molecule has 0 radical (unpaired) electrons. The van der Waals surface area contributed by atoms with E-state index in [4.69, 9.17) is 0 Å². The van der Waals surface area contributed by atoms with Crippen LogP contribution in [0.2, 0.25) is 0 Å². The SMILES string of the molecule is CCC[N+](C)(CCC)c1ccccc1.[I-]. The maximum atomic E-state index is 2.34. The number of hydrogen-bond donors (Lipinski definition) is 0. The van der Waals surface area contributed by atoms with E-state index in [1.54, 1.807) is 0 Å². The lowest BCUT2D eigenvalue weighted by Gasteiger charge is -2.33. The quantitative estimate of drug-likeness (QED) is 0.546. The van der Waals surface area contributed by atoms with Crippen LogP contribution in [0.5, 0.6) is 0 Å². The molecule has 0 spiro atoms. The lowest BCUT2D eigenvalue weighted by atomic mass is 10.2. The smallest absolute Gasteiger partial charge is 0.132 e. The van der Waals surface area contributed by atoms with Gasteiger partial charge < -0.3 is 24.0 Å². The van der Waals surface area contributed by atoms with Crippen molar-refractivity contribution in [1.82, 2.24) is 4.48 Å². The lowest BCUT2D eigenvalue weighted by Crippen LogP contribution is -3.00. The van der Waals surface area contributed by atoms with Crippen LogP contribution in [0.1, 0.15) is 26.7 Å². The summed E-state index contributed by atoms with van der Waals surface area (Å²) in [5.41, 5.74) is 1.44. The Bertz CT molecular complexity index is 252. The summed E-state index contributed by atoms with van der Waals surface area (Å²) in [5, 5.41) is 0. The molecule has 0 aliphatic heterocycles. The molecule has 0 atom stereocenters. The van der Waals surface area contributed by atoms with Crippen molar-refractivity contribution in [3.63, 3.8) is 0 Å². The van der Waals surface area contributed by atoms with E-state index >= 15 is 0 Å². The minimum atomic E-state index is 0. The van der Waals surface area contributed by atoms with Gasteiger partial charge in [0, 0.05) is 0 Å². The minimum Gasteiger partial charge on any atom is -1.00 e. The highest BCUT2D eigenvalue weighted by atomic mass is 127. The van der Waals surface area contributed by atoms with Gasteiger partial charge in [0.15, 0.2) is 0 Å². The monoisotopic (exact) mass is 319 g/mol. The number of para-hydroxylation sites is 1. The second-order valence-corrected chi connectivity index (χ2v) is 4.18. The van der Waals surface area contributed by atoms with E-state index in [2.05, 4.69) is 51.2 Å². The highest BCUT2D eigenvalue weighted by Gasteiger charge is 2.21. The van der Waals surface area contributed by atoms with E-state index < -0.39 is 0 Å². The van der Waals surface area contributed by atoms with Crippen molar-refractivity contribution in [3.05, 3.63) is 30.3 Å². The number of hydrogen-bond acceptors (Lipinski definition) is 0. The lowest BCUT2D eigenvalue weighted by molar-refractivity contribution is -0.00000316. The number of quaternary nitrogens is 1. The van der Waals surface area contributed by atoms with Gasteiger partial charge in [-0.25, -0.2) is 0 Å². The third kappa shape index (κ3) is 4.11. The molecule has 1 aromatic carbocycles. The van der Waals surface area contributed by atoms with Crippen molar-refractivity contribution < 1.29 is 24.0 Å². The van der Waals surface area contributed by atoms with Crippen LogP contribution in [0.3, 0.4) is 0 Å². The summed E-state index contributed by atoms with van der Waals surface area (Å²) in [4.78, 5) is 0. The zero-order valence-electron chi connectivity index (χ0n) is 10.0. The van der Waals surface area contributed by atoms with Gasteiger partial charge in [0.2, 0.25) is 0 Å². The Balaban J connectivity index is 0.00000196. The van der Waals surface area contributed by atoms with Crippen LogP contribution in [0.4, 0.5) is 5.69 Å². The average molecular weight is 319 g/mol. The summed E-state index contributed by atoms with van der Waals surface area (Å²) < 4.78 is 1.08. The molecule has 0 aliphatic rings. The molecule has 1 rings (SSSR count). The normalized spacial score (nSPS) is 10.9. The Kier molecular flexibility index (Phi) is 7.18. The van der Waals surface area contributed by atoms with Gasteiger partial charge in [-0.05, 0) is 25.0 Å². The third-order valence-corrected chi connectivity index (χ3v) is 2.81. The summed E-state index contributed by atoms with van der Waals surface area (Å²) in [6, 6.07) is 10.8. The first kappa shape index (κ1) is 14.9. The fourth-order valence-electron chi connectivity index (χ4n) is 2.14. The van der Waals surface area contributed by atoms with E-state index in [1.165, 1.54) is 31.6 Å². The second-order valence-electron chi connectivity index (χ2n) is 4.18. The van der Waals surface area contributed by atoms with Crippen molar-refractivity contribution in [2.45, 2.75) is 26.7 Å². The Hall–Kier alpha value is -0.0900. The highest BCUT2D eigenvalue weighted by molar-refractivity contribution is 5.41. The molecule has 0 saturated heterocycles. The number of benzene rings is 1. The molecule has 0 bridgehead atoms. The molecule has 2 heteroatoms. The third-order valence-electron chi connectivity index (χ3n) is 2.81. The highest BCUT2D eigenvalue weighted by Crippen LogP contribution is 2.21. The number of rotatable bonds is 5. The molecule has 15 heavy (non-hydrogen) atoms. The largest absolute Gasteiger partial charge is 1.00 e. The Morgan fingerprint density at radius 2 is 1.40 bits per heavy atom. The number of nitrogens with zero attached hydrogens (tertiary/aromatic N) is 1. The van der Waals surface area contributed by atoms with Crippen LogP contribution < -0.4 is 28.5 Å². The molecule has 0 saturated carbocycles. The molecule has 0 aliphatic carbocycles. The van der Waals surface area contributed by atoms with Crippen LogP contribution in [0, 0.1) is 0 Å². The summed E-state index contributed by atoms with van der Waals surface area (Å²) in [6.07, 6.45) is 2.48. The van der Waals surface area contributed by atoms with E-state index in [-0.39, 0.29) is 24.0 Å². The Morgan fingerprint density at radius 3 is 1.80 bits per heavy atom. The standard InChI is InChI=1S/C13H22N.HI/c1-4-11-14(3,12-5-2)13-9-7-6-8-10-13;/h6-10H,4-5,11-12H2,1-3H3;1H/q+1;/p-1. The molecule has 1 nitrogen and oxygen atoms in total. The molecule has 86 valence electrons. The van der Waals surface area contributed by atoms with Crippen LogP contribution in [-0.4, -0.2) is 20.1 Å². The van der Waals surface area contributed by atoms with Crippen molar-refractivity contribution in [2.24, 2.45) is 0 Å². The molecular formula is C13H22IN. The fraction of sp³-hybridized carbons (Fsp3) is 0.538. The van der Waals surface area contributed by atoms with Crippen LogP contribution in [0.15, 0.2) is 30.3 Å². The Labute approximate surface area is 111 Å². The van der Waals surface area contributed by atoms with Gasteiger partial charge in [-0.1, -0.05) is 32.0 Å². The zero-order valence-corrected chi connectivity index (χ0v) is 12.2. The zero-order chi connectivity index (χ0) is 10.4. The second kappa shape index (κ2) is 7.23. The van der Waals surface area contributed by atoms with Crippen molar-refractivity contribution in [1.29, 1.82) is 0 Å². The topological polar surface area (TPSA) is 0 Å². The number of halogens is 1. The van der Waals surface area contributed by atoms with Crippen molar-refractivity contribution in [3.8, 4) is 0 Å². The van der Waals surface area contributed by atoms with Crippen molar-refractivity contribution >= 4 is 5.69 Å². The summed E-state index contributed by atoms with van der Waals surface area (Å²) in [7, 11) is 2.34. The summed E-state index contributed by atoms with van der Waals surface area (Å²) in [6.45, 7) is 6.99. The maximum absolute atomic E-state index is 2.34. The van der Waals surface area contributed by atoms with E-state index in [9.17, 15) is 0 Å². The van der Waals surface area contributed by atoms with E-state index in [1.807, 2.05) is 0 Å². The first-order valence-corrected chi connectivity index (χ1v) is 5.63.